The third kappa shape index (κ3) is 2.69. The zero-order valence-electron chi connectivity index (χ0n) is 12.1. The van der Waals surface area contributed by atoms with Gasteiger partial charge in [-0.05, 0) is 36.4 Å². The van der Waals surface area contributed by atoms with Crippen molar-refractivity contribution in [1.29, 1.82) is 0 Å². The number of aromatic nitrogens is 2. The van der Waals surface area contributed by atoms with Crippen LogP contribution >= 0.6 is 0 Å². The van der Waals surface area contributed by atoms with Crippen LogP contribution in [-0.4, -0.2) is 21.4 Å². The van der Waals surface area contributed by atoms with E-state index in [1.807, 2.05) is 0 Å². The zero-order valence-corrected chi connectivity index (χ0v) is 12.1. The number of nitrogens with zero attached hydrogens (tertiary/aromatic N) is 3. The lowest BCUT2D eigenvalue weighted by atomic mass is 10.3. The first-order chi connectivity index (χ1) is 11.1. The highest BCUT2D eigenvalue weighted by atomic mass is 16.6. The van der Waals surface area contributed by atoms with Gasteiger partial charge in [0.15, 0.2) is 0 Å². The van der Waals surface area contributed by atoms with Crippen molar-refractivity contribution < 1.29 is 9.66 Å². The highest BCUT2D eigenvalue weighted by Crippen LogP contribution is 2.24. The van der Waals surface area contributed by atoms with E-state index in [0.717, 1.165) is 4.40 Å². The lowest BCUT2D eigenvalue weighted by Gasteiger charge is -2.08. The first-order valence-electron chi connectivity index (χ1n) is 6.67. The summed E-state index contributed by atoms with van der Waals surface area (Å²) in [5.74, 6) is 0.549. The predicted octanol–water partition coefficient (Wildman–Crippen LogP) is 2.35. The molecule has 3 aromatic rings. The molecule has 0 saturated carbocycles. The summed E-state index contributed by atoms with van der Waals surface area (Å²) in [5, 5.41) is 14.1. The number of rotatable bonds is 4. The summed E-state index contributed by atoms with van der Waals surface area (Å²) in [6.45, 7) is 0. The minimum Gasteiger partial charge on any atom is -0.497 e. The van der Waals surface area contributed by atoms with Crippen LogP contribution in [0.2, 0.25) is 0 Å². The topological polar surface area (TPSA) is 98.8 Å². The number of pyridine rings is 1. The van der Waals surface area contributed by atoms with Crippen molar-refractivity contribution in [1.82, 2.24) is 9.38 Å². The van der Waals surface area contributed by atoms with Gasteiger partial charge >= 0.3 is 11.2 Å². The zero-order chi connectivity index (χ0) is 16.4. The van der Waals surface area contributed by atoms with E-state index >= 15 is 0 Å². The number of nitro groups is 1. The molecule has 0 radical (unpaired) electrons. The number of fused-ring (bicyclic) bond motifs is 1. The molecule has 8 heteroatoms. The molecule has 116 valence electrons. The number of ether oxygens (including phenoxy) is 1. The standard InChI is InChI=1S/C15H12N4O4/c1-23-11-7-5-10(6-8-11)16-14-13(19(21)22)15(20)18-9-3-2-4-12(18)17-14/h2-9,16H,1H3. The number of hydrogen-bond acceptors (Lipinski definition) is 6. The molecular formula is C15H12N4O4. The Bertz CT molecular complexity index is 934. The molecule has 0 spiro atoms. The molecule has 0 unspecified atom stereocenters. The van der Waals surface area contributed by atoms with E-state index in [0.29, 0.717) is 17.1 Å². The van der Waals surface area contributed by atoms with Crippen molar-refractivity contribution in [2.24, 2.45) is 0 Å². The predicted molar refractivity (Wildman–Crippen MR) is 84.4 cm³/mol. The van der Waals surface area contributed by atoms with Crippen LogP contribution in [0.3, 0.4) is 0 Å². The molecule has 0 fully saturated rings. The van der Waals surface area contributed by atoms with E-state index in [1.54, 1.807) is 49.6 Å². The number of nitrogens with one attached hydrogen (secondary N) is 1. The summed E-state index contributed by atoms with van der Waals surface area (Å²) < 4.78 is 6.19. The Kier molecular flexibility index (Phi) is 3.63. The Hall–Kier alpha value is -3.42. The second kappa shape index (κ2) is 5.76. The van der Waals surface area contributed by atoms with Crippen LogP contribution in [-0.2, 0) is 0 Å². The second-order valence-corrected chi connectivity index (χ2v) is 4.65. The minimum absolute atomic E-state index is 0.101. The van der Waals surface area contributed by atoms with Crippen molar-refractivity contribution in [3.63, 3.8) is 0 Å². The average Bonchev–Trinajstić information content (AvgIpc) is 2.55. The van der Waals surface area contributed by atoms with Gasteiger partial charge in [-0.2, -0.15) is 0 Å². The van der Waals surface area contributed by atoms with Gasteiger partial charge < -0.3 is 10.1 Å². The summed E-state index contributed by atoms with van der Waals surface area (Å²) >= 11 is 0. The van der Waals surface area contributed by atoms with Gasteiger partial charge in [0.2, 0.25) is 5.82 Å². The fraction of sp³-hybridized carbons (Fsp3) is 0.0667. The number of anilines is 2. The van der Waals surface area contributed by atoms with Gasteiger partial charge in [-0.25, -0.2) is 4.98 Å². The molecule has 8 nitrogen and oxygen atoms in total. The Morgan fingerprint density at radius 1 is 1.22 bits per heavy atom. The Balaban J connectivity index is 2.13. The number of benzene rings is 1. The lowest BCUT2D eigenvalue weighted by molar-refractivity contribution is -0.385. The van der Waals surface area contributed by atoms with Crippen molar-refractivity contribution in [2.75, 3.05) is 12.4 Å². The van der Waals surface area contributed by atoms with Gasteiger partial charge in [0.1, 0.15) is 11.4 Å². The van der Waals surface area contributed by atoms with Crippen LogP contribution in [0.5, 0.6) is 5.75 Å². The van der Waals surface area contributed by atoms with E-state index in [9.17, 15) is 14.9 Å². The summed E-state index contributed by atoms with van der Waals surface area (Å²) in [6, 6.07) is 11.7. The van der Waals surface area contributed by atoms with Gasteiger partial charge in [-0.1, -0.05) is 6.07 Å². The van der Waals surface area contributed by atoms with Gasteiger partial charge in [-0.15, -0.1) is 0 Å². The third-order valence-corrected chi connectivity index (χ3v) is 3.25. The Morgan fingerprint density at radius 2 is 1.96 bits per heavy atom. The SMILES string of the molecule is COc1ccc(Nc2nc3ccccn3c(=O)c2[N+](=O)[O-])cc1. The molecule has 1 aromatic carbocycles. The maximum Gasteiger partial charge on any atom is 0.376 e. The quantitative estimate of drug-likeness (QED) is 0.586. The van der Waals surface area contributed by atoms with Gasteiger partial charge in [-0.3, -0.25) is 19.3 Å². The molecule has 0 aliphatic rings. The maximum atomic E-state index is 12.3. The van der Waals surface area contributed by atoms with E-state index in [2.05, 4.69) is 10.3 Å². The van der Waals surface area contributed by atoms with Crippen LogP contribution in [0.4, 0.5) is 17.2 Å². The maximum absolute atomic E-state index is 12.3. The van der Waals surface area contributed by atoms with Crippen LogP contribution in [0, 0.1) is 10.1 Å². The highest BCUT2D eigenvalue weighted by molar-refractivity contribution is 5.67. The van der Waals surface area contributed by atoms with E-state index < -0.39 is 16.2 Å². The van der Waals surface area contributed by atoms with Crippen molar-refractivity contribution in [3.8, 4) is 5.75 Å². The van der Waals surface area contributed by atoms with Crippen LogP contribution < -0.4 is 15.6 Å². The molecule has 1 N–H and O–H groups in total. The average molecular weight is 312 g/mol. The second-order valence-electron chi connectivity index (χ2n) is 4.65. The Morgan fingerprint density at radius 3 is 2.61 bits per heavy atom. The van der Waals surface area contributed by atoms with Gasteiger partial charge in [0.25, 0.3) is 0 Å². The fourth-order valence-corrected chi connectivity index (χ4v) is 2.14. The lowest BCUT2D eigenvalue weighted by Crippen LogP contribution is -2.20. The summed E-state index contributed by atoms with van der Waals surface area (Å²) in [7, 11) is 1.54. The molecule has 2 aromatic heterocycles. The Labute approximate surface area is 130 Å². The fourth-order valence-electron chi connectivity index (χ4n) is 2.14. The molecule has 23 heavy (non-hydrogen) atoms. The highest BCUT2D eigenvalue weighted by Gasteiger charge is 2.23. The summed E-state index contributed by atoms with van der Waals surface area (Å²) in [5.41, 5.74) is -0.471. The third-order valence-electron chi connectivity index (χ3n) is 3.25. The smallest absolute Gasteiger partial charge is 0.376 e. The summed E-state index contributed by atoms with van der Waals surface area (Å²) in [4.78, 5) is 27.0. The van der Waals surface area contributed by atoms with Crippen LogP contribution in [0.1, 0.15) is 0 Å². The molecule has 0 aliphatic carbocycles. The summed E-state index contributed by atoms with van der Waals surface area (Å²) in [6.07, 6.45) is 1.44. The number of methoxy groups -OCH3 is 1. The van der Waals surface area contributed by atoms with Crippen LogP contribution in [0.25, 0.3) is 5.65 Å². The van der Waals surface area contributed by atoms with E-state index in [-0.39, 0.29) is 5.82 Å². The first-order valence-corrected chi connectivity index (χ1v) is 6.67. The van der Waals surface area contributed by atoms with Crippen LogP contribution in [0.15, 0.2) is 53.5 Å². The molecule has 2 heterocycles. The van der Waals surface area contributed by atoms with Gasteiger partial charge in [0.05, 0.1) is 12.0 Å². The molecule has 0 amide bonds. The molecule has 0 atom stereocenters. The molecular weight excluding hydrogens is 300 g/mol. The van der Waals surface area contributed by atoms with E-state index in [1.165, 1.54) is 6.20 Å². The largest absolute Gasteiger partial charge is 0.497 e. The van der Waals surface area contributed by atoms with Gasteiger partial charge in [0, 0.05) is 11.9 Å². The van der Waals surface area contributed by atoms with Crippen molar-refractivity contribution >= 4 is 22.8 Å². The van der Waals surface area contributed by atoms with Crippen molar-refractivity contribution in [2.45, 2.75) is 0 Å². The monoisotopic (exact) mass is 312 g/mol. The molecule has 0 aliphatic heterocycles. The normalized spacial score (nSPS) is 10.5. The molecule has 0 bridgehead atoms. The van der Waals surface area contributed by atoms with E-state index in [4.69, 9.17) is 4.74 Å². The molecule has 0 saturated heterocycles. The van der Waals surface area contributed by atoms with Crippen molar-refractivity contribution in [3.05, 3.63) is 69.1 Å². The first kappa shape index (κ1) is 14.5. The number of hydrogen-bond donors (Lipinski definition) is 1. The minimum atomic E-state index is -0.739. The molecule has 3 rings (SSSR count).